The second-order valence-corrected chi connectivity index (χ2v) is 7.76. The summed E-state index contributed by atoms with van der Waals surface area (Å²) in [6.45, 7) is 3.97. The van der Waals surface area contributed by atoms with Gasteiger partial charge in [-0.25, -0.2) is 0 Å². The van der Waals surface area contributed by atoms with Crippen LogP contribution in [-0.4, -0.2) is 76.0 Å². The molecule has 1 aliphatic carbocycles. The molecule has 2 aliphatic rings. The van der Waals surface area contributed by atoms with Crippen molar-refractivity contribution < 1.29 is 4.79 Å². The summed E-state index contributed by atoms with van der Waals surface area (Å²) in [6, 6.07) is 0. The highest BCUT2D eigenvalue weighted by Gasteiger charge is 2.42. The molecule has 0 bridgehead atoms. The molecular weight excluding hydrogens is 429 g/mol. The van der Waals surface area contributed by atoms with E-state index in [9.17, 15) is 4.79 Å². The van der Waals surface area contributed by atoms with Crippen LogP contribution in [-0.2, 0) is 4.79 Å². The summed E-state index contributed by atoms with van der Waals surface area (Å²) in [7, 11) is 7.71. The highest BCUT2D eigenvalue weighted by Crippen LogP contribution is 2.38. The van der Waals surface area contributed by atoms with E-state index in [0.717, 1.165) is 44.7 Å². The number of amides is 1. The van der Waals surface area contributed by atoms with Crippen molar-refractivity contribution in [2.24, 2.45) is 16.3 Å². The van der Waals surface area contributed by atoms with E-state index in [4.69, 9.17) is 0 Å². The highest BCUT2D eigenvalue weighted by molar-refractivity contribution is 14.0. The minimum Gasteiger partial charge on any atom is -0.356 e. The minimum atomic E-state index is -0.258. The topological polar surface area (TPSA) is 60.0 Å². The number of likely N-dealkylation sites (tertiary alicyclic amines) is 1. The van der Waals surface area contributed by atoms with Crippen LogP contribution in [0.5, 0.6) is 0 Å². The summed E-state index contributed by atoms with van der Waals surface area (Å²) < 4.78 is 0. The van der Waals surface area contributed by atoms with Crippen molar-refractivity contribution in [3.8, 4) is 0 Å². The van der Waals surface area contributed by atoms with Crippen molar-refractivity contribution in [1.29, 1.82) is 0 Å². The number of carbonyl (C=O) groups excluding carboxylic acids is 1. The maximum absolute atomic E-state index is 12.6. The molecule has 0 aromatic rings. The lowest BCUT2D eigenvalue weighted by Crippen LogP contribution is -2.50. The molecule has 0 spiro atoms. The zero-order valence-electron chi connectivity index (χ0n) is 16.3. The van der Waals surface area contributed by atoms with Gasteiger partial charge in [0, 0.05) is 40.8 Å². The van der Waals surface area contributed by atoms with Crippen LogP contribution in [0.25, 0.3) is 0 Å². The third-order valence-corrected chi connectivity index (χ3v) is 5.52. The van der Waals surface area contributed by atoms with E-state index in [-0.39, 0.29) is 35.3 Å². The van der Waals surface area contributed by atoms with Gasteiger partial charge in [-0.15, -0.1) is 24.0 Å². The molecule has 1 saturated carbocycles. The molecule has 2 fully saturated rings. The second kappa shape index (κ2) is 10.5. The van der Waals surface area contributed by atoms with Crippen molar-refractivity contribution in [3.63, 3.8) is 0 Å². The number of guanidine groups is 1. The Hall–Kier alpha value is -0.570. The van der Waals surface area contributed by atoms with Gasteiger partial charge in [-0.2, -0.15) is 0 Å². The molecule has 1 saturated heterocycles. The Morgan fingerprint density at radius 2 is 1.92 bits per heavy atom. The van der Waals surface area contributed by atoms with E-state index in [1.165, 1.54) is 19.4 Å². The minimum absolute atomic E-state index is 0. The van der Waals surface area contributed by atoms with Gasteiger partial charge >= 0.3 is 0 Å². The Bertz CT molecular complexity index is 449. The number of rotatable bonds is 5. The van der Waals surface area contributed by atoms with Crippen LogP contribution in [0, 0.1) is 11.3 Å². The number of aliphatic imine (C=N–C) groups is 1. The zero-order chi connectivity index (χ0) is 17.6. The van der Waals surface area contributed by atoms with Gasteiger partial charge in [0.05, 0.1) is 5.41 Å². The van der Waals surface area contributed by atoms with Gasteiger partial charge in [0.15, 0.2) is 5.96 Å². The van der Waals surface area contributed by atoms with E-state index >= 15 is 0 Å². The van der Waals surface area contributed by atoms with Gasteiger partial charge < -0.3 is 20.4 Å². The lowest BCUT2D eigenvalue weighted by Gasteiger charge is -2.32. The fourth-order valence-corrected chi connectivity index (χ4v) is 4.15. The third-order valence-electron chi connectivity index (χ3n) is 5.52. The SMILES string of the molecule is CN=C(NCC1CCCN(C)C1)NCC1(C(=O)N(C)C)CCCC1.I. The molecule has 2 rings (SSSR count). The van der Waals surface area contributed by atoms with Crippen LogP contribution in [0.15, 0.2) is 4.99 Å². The average molecular weight is 465 g/mol. The van der Waals surface area contributed by atoms with E-state index in [2.05, 4.69) is 27.6 Å². The summed E-state index contributed by atoms with van der Waals surface area (Å²) in [5.41, 5.74) is -0.258. The molecule has 1 atom stereocenters. The summed E-state index contributed by atoms with van der Waals surface area (Å²) in [5, 5.41) is 6.87. The largest absolute Gasteiger partial charge is 0.356 e. The van der Waals surface area contributed by atoms with E-state index in [1.54, 1.807) is 11.9 Å². The van der Waals surface area contributed by atoms with Gasteiger partial charge in [0.25, 0.3) is 0 Å². The number of nitrogens with zero attached hydrogens (tertiary/aromatic N) is 3. The summed E-state index contributed by atoms with van der Waals surface area (Å²) in [6.07, 6.45) is 6.78. The molecule has 2 N–H and O–H groups in total. The number of carbonyl (C=O) groups is 1. The first-order valence-electron chi connectivity index (χ1n) is 9.32. The summed E-state index contributed by atoms with van der Waals surface area (Å²) in [5.74, 6) is 1.74. The first kappa shape index (κ1) is 22.5. The molecule has 7 heteroatoms. The Kier molecular flexibility index (Phi) is 9.48. The maximum atomic E-state index is 12.6. The molecule has 1 amide bonds. The van der Waals surface area contributed by atoms with Crippen molar-refractivity contribution in [2.45, 2.75) is 38.5 Å². The quantitative estimate of drug-likeness (QED) is 0.369. The standard InChI is InChI=1S/C18H35N5O.HI/c1-19-17(20-12-15-8-7-11-23(4)13-15)21-14-18(9-5-6-10-18)16(24)22(2)3;/h15H,5-14H2,1-4H3,(H2,19,20,21);1H. The summed E-state index contributed by atoms with van der Waals surface area (Å²) >= 11 is 0. The molecule has 0 radical (unpaired) electrons. The van der Waals surface area contributed by atoms with E-state index in [1.807, 2.05) is 14.1 Å². The van der Waals surface area contributed by atoms with Crippen LogP contribution in [0.2, 0.25) is 0 Å². The number of nitrogens with one attached hydrogen (secondary N) is 2. The number of piperidine rings is 1. The third kappa shape index (κ3) is 6.27. The molecule has 146 valence electrons. The first-order valence-corrected chi connectivity index (χ1v) is 9.32. The number of hydrogen-bond acceptors (Lipinski definition) is 3. The molecule has 1 unspecified atom stereocenters. The van der Waals surface area contributed by atoms with E-state index in [0.29, 0.717) is 12.5 Å². The Balaban J connectivity index is 0.00000312. The van der Waals surface area contributed by atoms with Crippen molar-refractivity contribution >= 4 is 35.8 Å². The number of halogens is 1. The molecule has 0 aromatic heterocycles. The fraction of sp³-hybridized carbons (Fsp3) is 0.889. The van der Waals surface area contributed by atoms with E-state index < -0.39 is 0 Å². The van der Waals surface area contributed by atoms with Gasteiger partial charge in [-0.3, -0.25) is 9.79 Å². The molecule has 1 heterocycles. The molecule has 0 aromatic carbocycles. The zero-order valence-corrected chi connectivity index (χ0v) is 18.6. The molecular formula is C18H36IN5O. The predicted molar refractivity (Wildman–Crippen MR) is 115 cm³/mol. The lowest BCUT2D eigenvalue weighted by molar-refractivity contribution is -0.138. The van der Waals surface area contributed by atoms with Gasteiger partial charge in [0.1, 0.15) is 0 Å². The number of hydrogen-bond donors (Lipinski definition) is 2. The second-order valence-electron chi connectivity index (χ2n) is 7.76. The van der Waals surface area contributed by atoms with Crippen LogP contribution in [0.1, 0.15) is 38.5 Å². The first-order chi connectivity index (χ1) is 11.5. The molecule has 1 aliphatic heterocycles. The average Bonchev–Trinajstić information content (AvgIpc) is 3.04. The van der Waals surface area contributed by atoms with Crippen molar-refractivity contribution in [1.82, 2.24) is 20.4 Å². The predicted octanol–water partition coefficient (Wildman–Crippen LogP) is 1.76. The lowest BCUT2D eigenvalue weighted by atomic mass is 9.84. The van der Waals surface area contributed by atoms with Crippen molar-refractivity contribution in [3.05, 3.63) is 0 Å². The van der Waals surface area contributed by atoms with Crippen molar-refractivity contribution in [2.75, 3.05) is 54.4 Å². The Morgan fingerprint density at radius 3 is 2.48 bits per heavy atom. The Labute approximate surface area is 170 Å². The normalized spacial score (nSPS) is 23.7. The highest BCUT2D eigenvalue weighted by atomic mass is 127. The smallest absolute Gasteiger partial charge is 0.230 e. The van der Waals surface area contributed by atoms with Crippen LogP contribution < -0.4 is 10.6 Å². The van der Waals surface area contributed by atoms with Gasteiger partial charge in [-0.05, 0) is 45.2 Å². The van der Waals surface area contributed by atoms with Gasteiger partial charge in [0.2, 0.25) is 5.91 Å². The molecule has 25 heavy (non-hydrogen) atoms. The monoisotopic (exact) mass is 465 g/mol. The van der Waals surface area contributed by atoms with Gasteiger partial charge in [-0.1, -0.05) is 12.8 Å². The van der Waals surface area contributed by atoms with Crippen LogP contribution in [0.3, 0.4) is 0 Å². The van der Waals surface area contributed by atoms with Crippen LogP contribution >= 0.6 is 24.0 Å². The molecule has 6 nitrogen and oxygen atoms in total. The Morgan fingerprint density at radius 1 is 1.24 bits per heavy atom. The van der Waals surface area contributed by atoms with Crippen LogP contribution in [0.4, 0.5) is 0 Å². The fourth-order valence-electron chi connectivity index (χ4n) is 4.15. The summed E-state index contributed by atoms with van der Waals surface area (Å²) in [4.78, 5) is 21.1. The maximum Gasteiger partial charge on any atom is 0.230 e.